The van der Waals surface area contributed by atoms with Crippen molar-refractivity contribution < 1.29 is 15.0 Å². The molecule has 1 aromatic rings. The molecule has 0 saturated heterocycles. The van der Waals surface area contributed by atoms with Gasteiger partial charge in [-0.05, 0) is 17.7 Å². The minimum Gasteiger partial charge on any atom is -0.465 e. The highest BCUT2D eigenvalue weighted by Crippen LogP contribution is 2.31. The maximum atomic E-state index is 10.5. The Morgan fingerprint density at radius 2 is 2.24 bits per heavy atom. The zero-order valence-corrected chi connectivity index (χ0v) is 9.45. The van der Waals surface area contributed by atoms with Crippen LogP contribution in [0.2, 0.25) is 5.02 Å². The molecule has 0 aliphatic rings. The fourth-order valence-electron chi connectivity index (χ4n) is 1.24. The number of anilines is 1. The summed E-state index contributed by atoms with van der Waals surface area (Å²) >= 11 is 5.95. The van der Waals surface area contributed by atoms with Crippen LogP contribution in [0.1, 0.15) is 11.1 Å². The van der Waals surface area contributed by atoms with E-state index in [1.54, 1.807) is 0 Å². The van der Waals surface area contributed by atoms with Gasteiger partial charge in [-0.25, -0.2) is 4.79 Å². The van der Waals surface area contributed by atoms with Gasteiger partial charge in [-0.2, -0.15) is 5.26 Å². The van der Waals surface area contributed by atoms with Gasteiger partial charge >= 0.3 is 6.09 Å². The number of carboxylic acid groups (broad SMARTS) is 1. The van der Waals surface area contributed by atoms with Gasteiger partial charge in [0, 0.05) is 5.56 Å². The highest BCUT2D eigenvalue weighted by molar-refractivity contribution is 6.35. The van der Waals surface area contributed by atoms with Crippen molar-refractivity contribution in [2.45, 2.75) is 0 Å². The van der Waals surface area contributed by atoms with E-state index in [-0.39, 0.29) is 22.9 Å². The Balaban J connectivity index is 3.36. The Hall–Kier alpha value is -2.03. The molecule has 0 bridgehead atoms. The lowest BCUT2D eigenvalue weighted by Gasteiger charge is -2.11. The number of carbonyl (C=O) groups is 1. The average molecular weight is 253 g/mol. The van der Waals surface area contributed by atoms with E-state index in [9.17, 15) is 4.79 Å². The number of nitrogens with one attached hydrogen (secondary N) is 1. The molecule has 0 aromatic heterocycles. The first kappa shape index (κ1) is 13.0. The molecular formula is C11H9ClN2O3. The third-order valence-corrected chi connectivity index (χ3v) is 2.42. The Morgan fingerprint density at radius 1 is 1.59 bits per heavy atom. The number of halogens is 1. The molecule has 0 spiro atoms. The molecule has 0 fully saturated rings. The van der Waals surface area contributed by atoms with Crippen LogP contribution in [-0.2, 0) is 0 Å². The second kappa shape index (κ2) is 5.34. The highest BCUT2D eigenvalue weighted by Gasteiger charge is 2.13. The molecule has 0 saturated carbocycles. The van der Waals surface area contributed by atoms with E-state index < -0.39 is 6.09 Å². The summed E-state index contributed by atoms with van der Waals surface area (Å²) in [5.41, 5.74) is 0.961. The van der Waals surface area contributed by atoms with E-state index in [1.165, 1.54) is 12.1 Å². The minimum atomic E-state index is -1.29. The summed E-state index contributed by atoms with van der Waals surface area (Å²) in [6, 6.07) is 4.62. The van der Waals surface area contributed by atoms with E-state index in [0.29, 0.717) is 11.1 Å². The summed E-state index contributed by atoms with van der Waals surface area (Å²) < 4.78 is 0. The molecule has 0 aliphatic heterocycles. The van der Waals surface area contributed by atoms with Crippen LogP contribution in [0, 0.1) is 11.3 Å². The van der Waals surface area contributed by atoms with Gasteiger partial charge in [-0.3, -0.25) is 5.32 Å². The zero-order chi connectivity index (χ0) is 13.0. The summed E-state index contributed by atoms with van der Waals surface area (Å²) in [6.45, 7) is 3.25. The number of hydrogen-bond donors (Lipinski definition) is 3. The molecule has 6 heteroatoms. The maximum Gasteiger partial charge on any atom is 0.409 e. The zero-order valence-electron chi connectivity index (χ0n) is 8.70. The number of amides is 1. The van der Waals surface area contributed by atoms with Crippen molar-refractivity contribution in [3.8, 4) is 6.07 Å². The second-order valence-corrected chi connectivity index (χ2v) is 3.57. The highest BCUT2D eigenvalue weighted by atomic mass is 35.5. The first-order chi connectivity index (χ1) is 7.99. The molecule has 1 aromatic carbocycles. The van der Waals surface area contributed by atoms with Crippen molar-refractivity contribution in [1.82, 2.24) is 0 Å². The van der Waals surface area contributed by atoms with Gasteiger partial charge in [0.05, 0.1) is 28.9 Å². The quantitative estimate of drug-likeness (QED) is 0.769. The lowest BCUT2D eigenvalue weighted by Crippen LogP contribution is -2.09. The molecule has 1 rings (SSSR count). The summed E-state index contributed by atoms with van der Waals surface area (Å²) in [5, 5.41) is 28.6. The third kappa shape index (κ3) is 2.97. The second-order valence-electron chi connectivity index (χ2n) is 3.19. The number of hydrogen-bond acceptors (Lipinski definition) is 3. The van der Waals surface area contributed by atoms with Gasteiger partial charge in [-0.1, -0.05) is 18.2 Å². The van der Waals surface area contributed by atoms with Crippen molar-refractivity contribution in [2.75, 3.05) is 11.9 Å². The molecule has 88 valence electrons. The van der Waals surface area contributed by atoms with Crippen LogP contribution in [-0.4, -0.2) is 22.9 Å². The van der Waals surface area contributed by atoms with Gasteiger partial charge in [0.15, 0.2) is 0 Å². The Kier molecular flexibility index (Phi) is 4.10. The predicted octanol–water partition coefficient (Wildman–Crippen LogP) is 2.31. The SMILES string of the molecule is C=C(CO)c1cc(C#N)cc(NC(=O)O)c1Cl. The first-order valence-electron chi connectivity index (χ1n) is 4.52. The van der Waals surface area contributed by atoms with E-state index in [4.69, 9.17) is 27.1 Å². The summed E-state index contributed by atoms with van der Waals surface area (Å²) in [7, 11) is 0. The van der Waals surface area contributed by atoms with E-state index in [2.05, 4.69) is 11.9 Å². The maximum absolute atomic E-state index is 10.5. The lowest BCUT2D eigenvalue weighted by atomic mass is 10.0. The summed E-state index contributed by atoms with van der Waals surface area (Å²) in [5.74, 6) is 0. The molecule has 17 heavy (non-hydrogen) atoms. The molecule has 0 heterocycles. The predicted molar refractivity (Wildman–Crippen MR) is 63.9 cm³/mol. The summed E-state index contributed by atoms with van der Waals surface area (Å²) in [4.78, 5) is 10.5. The van der Waals surface area contributed by atoms with Gasteiger partial charge in [-0.15, -0.1) is 0 Å². The van der Waals surface area contributed by atoms with Crippen LogP contribution in [0.15, 0.2) is 18.7 Å². The monoisotopic (exact) mass is 252 g/mol. The molecular weight excluding hydrogens is 244 g/mol. The third-order valence-electron chi connectivity index (χ3n) is 2.02. The number of benzene rings is 1. The van der Waals surface area contributed by atoms with Gasteiger partial charge < -0.3 is 10.2 Å². The van der Waals surface area contributed by atoms with E-state index in [0.717, 1.165) is 0 Å². The van der Waals surface area contributed by atoms with Crippen molar-refractivity contribution in [3.05, 3.63) is 34.9 Å². The van der Waals surface area contributed by atoms with Crippen LogP contribution in [0.3, 0.4) is 0 Å². The number of nitriles is 1. The molecule has 0 aliphatic carbocycles. The van der Waals surface area contributed by atoms with Crippen LogP contribution in [0.5, 0.6) is 0 Å². The van der Waals surface area contributed by atoms with Gasteiger partial charge in [0.25, 0.3) is 0 Å². The van der Waals surface area contributed by atoms with Crippen molar-refractivity contribution in [2.24, 2.45) is 0 Å². The number of nitrogens with zero attached hydrogens (tertiary/aromatic N) is 1. The van der Waals surface area contributed by atoms with Crippen LogP contribution in [0.25, 0.3) is 5.57 Å². The smallest absolute Gasteiger partial charge is 0.409 e. The fourth-order valence-corrected chi connectivity index (χ4v) is 1.53. The normalized spacial score (nSPS) is 9.47. The summed E-state index contributed by atoms with van der Waals surface area (Å²) in [6.07, 6.45) is -1.29. The number of rotatable bonds is 3. The lowest BCUT2D eigenvalue weighted by molar-refractivity contribution is 0.210. The first-order valence-corrected chi connectivity index (χ1v) is 4.90. The molecule has 0 unspecified atom stereocenters. The molecule has 3 N–H and O–H groups in total. The van der Waals surface area contributed by atoms with E-state index in [1.807, 2.05) is 6.07 Å². The van der Waals surface area contributed by atoms with Gasteiger partial charge in [0.2, 0.25) is 0 Å². The number of aliphatic hydroxyl groups is 1. The molecule has 5 nitrogen and oxygen atoms in total. The standard InChI is InChI=1S/C11H9ClN2O3/c1-6(5-15)8-2-7(4-13)3-9(10(8)12)14-11(16)17/h2-3,14-15H,1,5H2,(H,16,17). The Morgan fingerprint density at radius 3 is 2.71 bits per heavy atom. The average Bonchev–Trinajstić information content (AvgIpc) is 2.30. The van der Waals surface area contributed by atoms with Crippen molar-refractivity contribution >= 4 is 29.0 Å². The largest absolute Gasteiger partial charge is 0.465 e. The fraction of sp³-hybridized carbons (Fsp3) is 0.0909. The van der Waals surface area contributed by atoms with Crippen LogP contribution >= 0.6 is 11.6 Å². The Bertz CT molecular complexity index is 520. The molecule has 0 radical (unpaired) electrons. The van der Waals surface area contributed by atoms with Crippen molar-refractivity contribution in [1.29, 1.82) is 5.26 Å². The Labute approximate surface area is 103 Å². The topological polar surface area (TPSA) is 93.4 Å². The number of aliphatic hydroxyl groups excluding tert-OH is 1. The minimum absolute atomic E-state index is 0.0859. The van der Waals surface area contributed by atoms with E-state index >= 15 is 0 Å². The molecule has 1 amide bonds. The van der Waals surface area contributed by atoms with Crippen LogP contribution < -0.4 is 5.32 Å². The molecule has 0 atom stereocenters. The van der Waals surface area contributed by atoms with Gasteiger partial charge in [0.1, 0.15) is 0 Å². The van der Waals surface area contributed by atoms with Crippen molar-refractivity contribution in [3.63, 3.8) is 0 Å². The van der Waals surface area contributed by atoms with Crippen LogP contribution in [0.4, 0.5) is 10.5 Å².